The Morgan fingerprint density at radius 1 is 1.16 bits per heavy atom. The second-order valence-electron chi connectivity index (χ2n) is 7.75. The minimum Gasteiger partial charge on any atom is -0.348 e. The van der Waals surface area contributed by atoms with Crippen molar-refractivity contribution in [3.63, 3.8) is 0 Å². The zero-order valence-electron chi connectivity index (χ0n) is 17.7. The van der Waals surface area contributed by atoms with Crippen molar-refractivity contribution in [1.82, 2.24) is 25.2 Å². The van der Waals surface area contributed by atoms with Crippen LogP contribution in [0.4, 0.5) is 0 Å². The molecule has 160 valence electrons. The van der Waals surface area contributed by atoms with Crippen LogP contribution in [0.2, 0.25) is 0 Å². The van der Waals surface area contributed by atoms with Gasteiger partial charge in [0.2, 0.25) is 0 Å². The summed E-state index contributed by atoms with van der Waals surface area (Å²) in [6.07, 6.45) is 3.42. The summed E-state index contributed by atoms with van der Waals surface area (Å²) in [7, 11) is 0. The van der Waals surface area contributed by atoms with Crippen LogP contribution in [0.3, 0.4) is 0 Å². The number of aromatic nitrogens is 3. The van der Waals surface area contributed by atoms with Crippen LogP contribution in [0, 0.1) is 13.8 Å². The van der Waals surface area contributed by atoms with Crippen LogP contribution in [0.5, 0.6) is 0 Å². The van der Waals surface area contributed by atoms with Gasteiger partial charge in [-0.15, -0.1) is 11.3 Å². The van der Waals surface area contributed by atoms with Crippen molar-refractivity contribution in [1.29, 1.82) is 0 Å². The predicted octanol–water partition coefficient (Wildman–Crippen LogP) is 3.50. The van der Waals surface area contributed by atoms with E-state index < -0.39 is 0 Å². The molecule has 3 aromatic rings. The highest BCUT2D eigenvalue weighted by Crippen LogP contribution is 2.27. The molecule has 8 heteroatoms. The van der Waals surface area contributed by atoms with E-state index in [0.717, 1.165) is 30.6 Å². The van der Waals surface area contributed by atoms with E-state index in [0.29, 0.717) is 35.0 Å². The number of likely N-dealkylation sites (tertiary alicyclic amines) is 1. The molecule has 3 heterocycles. The fourth-order valence-corrected chi connectivity index (χ4v) is 4.57. The van der Waals surface area contributed by atoms with Gasteiger partial charge in [0.1, 0.15) is 10.7 Å². The van der Waals surface area contributed by atoms with E-state index in [-0.39, 0.29) is 17.7 Å². The number of piperidine rings is 1. The predicted molar refractivity (Wildman–Crippen MR) is 119 cm³/mol. The van der Waals surface area contributed by atoms with Gasteiger partial charge in [-0.05, 0) is 32.3 Å². The van der Waals surface area contributed by atoms with Crippen LogP contribution in [0.1, 0.15) is 61.6 Å². The molecule has 31 heavy (non-hydrogen) atoms. The average Bonchev–Trinajstić information content (AvgIpc) is 3.23. The second-order valence-corrected chi connectivity index (χ2v) is 8.61. The maximum atomic E-state index is 12.9. The van der Waals surface area contributed by atoms with Gasteiger partial charge >= 0.3 is 0 Å². The van der Waals surface area contributed by atoms with Gasteiger partial charge in [0.25, 0.3) is 11.8 Å². The zero-order chi connectivity index (χ0) is 21.8. The van der Waals surface area contributed by atoms with Gasteiger partial charge < -0.3 is 10.2 Å². The first kappa shape index (κ1) is 21.1. The van der Waals surface area contributed by atoms with Crippen LogP contribution >= 0.6 is 11.3 Å². The maximum Gasteiger partial charge on any atom is 0.265 e. The molecule has 1 aromatic carbocycles. The molecule has 2 aromatic heterocycles. The van der Waals surface area contributed by atoms with Crippen molar-refractivity contribution < 1.29 is 9.59 Å². The SMILES string of the molecule is Cc1nc([C@H]2CCCN(C(=O)c3scnc3C)C2)ncc1C(=O)NCc1ccccc1. The Bertz CT molecular complexity index is 1080. The second kappa shape index (κ2) is 9.34. The fraction of sp³-hybridized carbons (Fsp3) is 0.348. The monoisotopic (exact) mass is 435 g/mol. The lowest BCUT2D eigenvalue weighted by Crippen LogP contribution is -2.39. The topological polar surface area (TPSA) is 88.1 Å². The van der Waals surface area contributed by atoms with Crippen LogP contribution in [-0.2, 0) is 6.54 Å². The Balaban J connectivity index is 1.43. The first-order chi connectivity index (χ1) is 15.0. The van der Waals surface area contributed by atoms with Gasteiger partial charge in [0.15, 0.2) is 0 Å². The minimum absolute atomic E-state index is 0.0262. The van der Waals surface area contributed by atoms with Gasteiger partial charge in [-0.2, -0.15) is 0 Å². The highest BCUT2D eigenvalue weighted by atomic mass is 32.1. The van der Waals surface area contributed by atoms with Gasteiger partial charge in [-0.1, -0.05) is 30.3 Å². The van der Waals surface area contributed by atoms with Crippen molar-refractivity contribution >= 4 is 23.2 Å². The molecule has 1 fully saturated rings. The summed E-state index contributed by atoms with van der Waals surface area (Å²) < 4.78 is 0. The van der Waals surface area contributed by atoms with Crippen molar-refractivity contribution in [3.8, 4) is 0 Å². The number of nitrogens with zero attached hydrogens (tertiary/aromatic N) is 4. The molecule has 7 nitrogen and oxygen atoms in total. The Kier molecular flexibility index (Phi) is 6.36. The summed E-state index contributed by atoms with van der Waals surface area (Å²) in [6, 6.07) is 9.77. The van der Waals surface area contributed by atoms with E-state index in [1.807, 2.05) is 49.1 Å². The van der Waals surface area contributed by atoms with Crippen LogP contribution in [-0.4, -0.2) is 44.8 Å². The molecule has 0 aliphatic carbocycles. The average molecular weight is 436 g/mol. The van der Waals surface area contributed by atoms with Crippen LogP contribution in [0.25, 0.3) is 0 Å². The molecule has 0 unspecified atom stereocenters. The van der Waals surface area contributed by atoms with Crippen molar-refractivity contribution in [2.24, 2.45) is 0 Å². The van der Waals surface area contributed by atoms with E-state index in [1.54, 1.807) is 11.7 Å². The van der Waals surface area contributed by atoms with Crippen LogP contribution < -0.4 is 5.32 Å². The van der Waals surface area contributed by atoms with Gasteiger partial charge in [0, 0.05) is 31.7 Å². The third-order valence-electron chi connectivity index (χ3n) is 5.55. The van der Waals surface area contributed by atoms with Crippen molar-refractivity contribution in [2.75, 3.05) is 13.1 Å². The standard InChI is InChI=1S/C23H25N5O2S/c1-15-19(22(29)25-11-17-7-4-3-5-8-17)12-24-21(27-15)18-9-6-10-28(13-18)23(30)20-16(2)26-14-31-20/h3-5,7-8,12,14,18H,6,9-11,13H2,1-2H3,(H,25,29)/t18-/m0/s1. The molecule has 2 amide bonds. The highest BCUT2D eigenvalue weighted by molar-refractivity contribution is 7.11. The molecule has 0 radical (unpaired) electrons. The molecule has 0 spiro atoms. The minimum atomic E-state index is -0.186. The van der Waals surface area contributed by atoms with Crippen molar-refractivity contribution in [2.45, 2.75) is 39.2 Å². The van der Waals surface area contributed by atoms with E-state index in [4.69, 9.17) is 0 Å². The van der Waals surface area contributed by atoms with Crippen molar-refractivity contribution in [3.05, 3.63) is 75.3 Å². The number of hydrogen-bond donors (Lipinski definition) is 1. The summed E-state index contributed by atoms with van der Waals surface area (Å²) in [5.41, 5.74) is 4.64. The fourth-order valence-electron chi connectivity index (χ4n) is 3.80. The zero-order valence-corrected chi connectivity index (χ0v) is 18.5. The first-order valence-electron chi connectivity index (χ1n) is 10.4. The first-order valence-corrected chi connectivity index (χ1v) is 11.3. The van der Waals surface area contributed by atoms with Gasteiger partial charge in [-0.25, -0.2) is 15.0 Å². The third-order valence-corrected chi connectivity index (χ3v) is 6.47. The number of benzene rings is 1. The largest absolute Gasteiger partial charge is 0.348 e. The highest BCUT2D eigenvalue weighted by Gasteiger charge is 2.29. The summed E-state index contributed by atoms with van der Waals surface area (Å²) in [4.78, 5) is 41.3. The molecular weight excluding hydrogens is 410 g/mol. The number of aryl methyl sites for hydroxylation is 2. The van der Waals surface area contributed by atoms with E-state index in [9.17, 15) is 9.59 Å². The number of hydrogen-bond acceptors (Lipinski definition) is 6. The number of nitrogens with one attached hydrogen (secondary N) is 1. The molecule has 1 saturated heterocycles. The molecule has 4 rings (SSSR count). The molecular formula is C23H25N5O2S. The number of carbonyl (C=O) groups excluding carboxylic acids is 2. The molecule has 1 N–H and O–H groups in total. The van der Waals surface area contributed by atoms with E-state index in [2.05, 4.69) is 20.3 Å². The lowest BCUT2D eigenvalue weighted by Gasteiger charge is -2.32. The lowest BCUT2D eigenvalue weighted by atomic mass is 9.96. The Morgan fingerprint density at radius 3 is 2.68 bits per heavy atom. The van der Waals surface area contributed by atoms with Gasteiger partial charge in [0.05, 0.1) is 22.5 Å². The number of thiazole rings is 1. The Morgan fingerprint density at radius 2 is 1.97 bits per heavy atom. The van der Waals surface area contributed by atoms with E-state index in [1.165, 1.54) is 11.3 Å². The normalized spacial score (nSPS) is 16.2. The molecule has 1 aliphatic heterocycles. The van der Waals surface area contributed by atoms with Gasteiger partial charge in [-0.3, -0.25) is 9.59 Å². The number of amides is 2. The molecule has 1 atom stereocenters. The lowest BCUT2D eigenvalue weighted by molar-refractivity contribution is 0.0708. The summed E-state index contributed by atoms with van der Waals surface area (Å²) in [5, 5.41) is 2.92. The number of carbonyl (C=O) groups is 2. The van der Waals surface area contributed by atoms with Crippen LogP contribution in [0.15, 0.2) is 42.0 Å². The molecule has 1 aliphatic rings. The summed E-state index contributed by atoms with van der Waals surface area (Å²) in [5.74, 6) is 0.592. The Hall–Kier alpha value is -3.13. The maximum absolute atomic E-state index is 12.9. The summed E-state index contributed by atoms with van der Waals surface area (Å²) >= 11 is 1.38. The smallest absolute Gasteiger partial charge is 0.265 e. The summed E-state index contributed by atoms with van der Waals surface area (Å²) in [6.45, 7) is 5.45. The molecule has 0 saturated carbocycles. The number of rotatable bonds is 5. The molecule has 0 bridgehead atoms. The van der Waals surface area contributed by atoms with E-state index >= 15 is 0 Å². The quantitative estimate of drug-likeness (QED) is 0.663. The Labute approximate surface area is 185 Å². The third kappa shape index (κ3) is 4.80.